The molecule has 0 aliphatic rings. The molecule has 0 bridgehead atoms. The molecule has 1 atom stereocenters. The van der Waals surface area contributed by atoms with Gasteiger partial charge in [-0.15, -0.1) is 0 Å². The molecule has 0 aromatic heterocycles. The van der Waals surface area contributed by atoms with E-state index in [9.17, 15) is 0 Å². The predicted octanol–water partition coefficient (Wildman–Crippen LogP) is 5.01. The van der Waals surface area contributed by atoms with E-state index in [2.05, 4.69) is 27.7 Å². The van der Waals surface area contributed by atoms with Crippen molar-refractivity contribution in [3.8, 4) is 0 Å². The molecule has 0 heterocycles. The fourth-order valence-electron chi connectivity index (χ4n) is 2.49. The second-order valence-corrected chi connectivity index (χ2v) is 7.09. The summed E-state index contributed by atoms with van der Waals surface area (Å²) in [7, 11) is 0.857. The van der Waals surface area contributed by atoms with E-state index in [4.69, 9.17) is 4.43 Å². The van der Waals surface area contributed by atoms with Crippen LogP contribution in [-0.4, -0.2) is 16.1 Å². The Kier molecular flexibility index (Phi) is 12.1. The third-order valence-electron chi connectivity index (χ3n) is 4.70. The van der Waals surface area contributed by atoms with Gasteiger partial charge in [0, 0.05) is 0 Å². The van der Waals surface area contributed by atoms with Gasteiger partial charge in [-0.1, -0.05) is 78.1 Å². The van der Waals surface area contributed by atoms with Crippen molar-refractivity contribution in [2.75, 3.05) is 0 Å². The van der Waals surface area contributed by atoms with Crippen LogP contribution < -0.4 is 0 Å². The first-order chi connectivity index (χ1) is 9.04. The summed E-state index contributed by atoms with van der Waals surface area (Å²) in [4.78, 5) is 0. The highest BCUT2D eigenvalue weighted by molar-refractivity contribution is 5.98. The van der Waals surface area contributed by atoms with Crippen molar-refractivity contribution in [2.45, 2.75) is 104 Å². The summed E-state index contributed by atoms with van der Waals surface area (Å²) in [6, 6.07) is 0. The van der Waals surface area contributed by atoms with Gasteiger partial charge in [0.2, 0.25) is 0 Å². The highest BCUT2D eigenvalue weighted by atomic mass is 28.2. The van der Waals surface area contributed by atoms with Crippen LogP contribution in [0.4, 0.5) is 0 Å². The average Bonchev–Trinajstić information content (AvgIpc) is 2.40. The summed E-state index contributed by atoms with van der Waals surface area (Å²) in [5, 5.41) is 0. The van der Waals surface area contributed by atoms with E-state index in [1.54, 1.807) is 0 Å². The minimum atomic E-state index is 0.103. The van der Waals surface area contributed by atoms with Gasteiger partial charge in [0.25, 0.3) is 0 Å². The minimum Gasteiger partial charge on any atom is -0.423 e. The quantitative estimate of drug-likeness (QED) is 0.342. The second-order valence-electron chi connectivity index (χ2n) is 6.68. The van der Waals surface area contributed by atoms with Gasteiger partial charge >= 0.3 is 0 Å². The zero-order valence-electron chi connectivity index (χ0n) is 14.3. The molecular weight excluding hydrogens is 248 g/mol. The van der Waals surface area contributed by atoms with E-state index in [1.807, 2.05) is 0 Å². The molecule has 0 fully saturated rings. The van der Waals surface area contributed by atoms with Crippen LogP contribution >= 0.6 is 0 Å². The SMILES string of the molecule is CCCCCCCCCCCCC(C)C(C)(C)O[SiH3]. The fraction of sp³-hybridized carbons (Fsp3) is 1.00. The van der Waals surface area contributed by atoms with Gasteiger partial charge in [-0.3, -0.25) is 0 Å². The van der Waals surface area contributed by atoms with Gasteiger partial charge in [-0.25, -0.2) is 0 Å². The number of unbranched alkanes of at least 4 members (excludes halogenated alkanes) is 9. The molecule has 0 saturated heterocycles. The summed E-state index contributed by atoms with van der Waals surface area (Å²) in [6.07, 6.45) is 15.6. The second kappa shape index (κ2) is 12.0. The third-order valence-corrected chi connectivity index (χ3v) is 5.76. The standard InChI is InChI=1S/C17H38OSi/c1-5-6-7-8-9-10-11-12-13-14-15-16(2)17(3,4)18-19/h16H,5-15H2,1-4,19H3. The van der Waals surface area contributed by atoms with Crippen LogP contribution in [0.3, 0.4) is 0 Å². The van der Waals surface area contributed by atoms with E-state index in [1.165, 1.54) is 70.6 Å². The Morgan fingerprint density at radius 2 is 1.26 bits per heavy atom. The molecule has 0 amide bonds. The normalized spacial score (nSPS) is 13.9. The molecule has 0 aliphatic carbocycles. The monoisotopic (exact) mass is 286 g/mol. The predicted molar refractivity (Wildman–Crippen MR) is 90.7 cm³/mol. The van der Waals surface area contributed by atoms with Gasteiger partial charge in [0.15, 0.2) is 0 Å². The van der Waals surface area contributed by atoms with Crippen molar-refractivity contribution in [1.29, 1.82) is 0 Å². The Morgan fingerprint density at radius 3 is 1.68 bits per heavy atom. The molecule has 0 spiro atoms. The van der Waals surface area contributed by atoms with Crippen LogP contribution in [0.15, 0.2) is 0 Å². The molecule has 0 saturated carbocycles. The van der Waals surface area contributed by atoms with Gasteiger partial charge in [0.1, 0.15) is 10.5 Å². The average molecular weight is 287 g/mol. The molecule has 116 valence electrons. The van der Waals surface area contributed by atoms with E-state index < -0.39 is 0 Å². The molecule has 0 rings (SSSR count). The zero-order chi connectivity index (χ0) is 14.6. The molecule has 0 radical (unpaired) electrons. The lowest BCUT2D eigenvalue weighted by Crippen LogP contribution is -2.31. The van der Waals surface area contributed by atoms with E-state index >= 15 is 0 Å². The Labute approximate surface area is 125 Å². The van der Waals surface area contributed by atoms with Crippen LogP contribution in [0.1, 0.15) is 98.3 Å². The molecule has 0 aromatic carbocycles. The number of hydrogen-bond donors (Lipinski definition) is 0. The van der Waals surface area contributed by atoms with E-state index in [0.29, 0.717) is 5.92 Å². The lowest BCUT2D eigenvalue weighted by Gasteiger charge is -2.31. The van der Waals surface area contributed by atoms with Crippen molar-refractivity contribution < 1.29 is 4.43 Å². The summed E-state index contributed by atoms with van der Waals surface area (Å²) in [5.41, 5.74) is 0.103. The van der Waals surface area contributed by atoms with Crippen molar-refractivity contribution >= 4 is 10.5 Å². The fourth-order valence-corrected chi connectivity index (χ4v) is 2.89. The molecule has 0 N–H and O–H groups in total. The number of rotatable bonds is 13. The van der Waals surface area contributed by atoms with Crippen LogP contribution in [0, 0.1) is 5.92 Å². The maximum atomic E-state index is 5.68. The summed E-state index contributed by atoms with van der Waals surface area (Å²) in [5.74, 6) is 0.694. The largest absolute Gasteiger partial charge is 0.423 e. The summed E-state index contributed by atoms with van der Waals surface area (Å²) >= 11 is 0. The Bertz CT molecular complexity index is 192. The van der Waals surface area contributed by atoms with E-state index in [0.717, 1.165) is 10.5 Å². The first-order valence-electron chi connectivity index (χ1n) is 8.59. The lowest BCUT2D eigenvalue weighted by molar-refractivity contribution is 0.0562. The van der Waals surface area contributed by atoms with Crippen LogP contribution in [0.5, 0.6) is 0 Å². The Hall–Kier alpha value is 0.177. The molecule has 1 unspecified atom stereocenters. The lowest BCUT2D eigenvalue weighted by atomic mass is 9.88. The van der Waals surface area contributed by atoms with Crippen LogP contribution in [0.2, 0.25) is 0 Å². The van der Waals surface area contributed by atoms with Crippen molar-refractivity contribution in [3.05, 3.63) is 0 Å². The molecule has 1 nitrogen and oxygen atoms in total. The molecule has 0 aliphatic heterocycles. The molecular formula is C17H38OSi. The molecule has 2 heteroatoms. The highest BCUT2D eigenvalue weighted by Gasteiger charge is 2.23. The highest BCUT2D eigenvalue weighted by Crippen LogP contribution is 2.25. The van der Waals surface area contributed by atoms with Gasteiger partial charge < -0.3 is 4.43 Å². The molecule has 19 heavy (non-hydrogen) atoms. The summed E-state index contributed by atoms with van der Waals surface area (Å²) < 4.78 is 5.68. The smallest absolute Gasteiger partial charge is 0.146 e. The maximum absolute atomic E-state index is 5.68. The number of hydrogen-bond acceptors (Lipinski definition) is 1. The van der Waals surface area contributed by atoms with Gasteiger partial charge in [-0.05, 0) is 26.2 Å². The minimum absolute atomic E-state index is 0.103. The maximum Gasteiger partial charge on any atom is 0.146 e. The zero-order valence-corrected chi connectivity index (χ0v) is 16.3. The van der Waals surface area contributed by atoms with Gasteiger partial charge in [0.05, 0.1) is 5.60 Å². The third kappa shape index (κ3) is 10.6. The van der Waals surface area contributed by atoms with Crippen molar-refractivity contribution in [1.82, 2.24) is 0 Å². The van der Waals surface area contributed by atoms with Gasteiger partial charge in [-0.2, -0.15) is 0 Å². The first-order valence-corrected chi connectivity index (χ1v) is 9.41. The molecule has 0 aromatic rings. The first kappa shape index (κ1) is 19.2. The van der Waals surface area contributed by atoms with E-state index in [-0.39, 0.29) is 5.60 Å². The van der Waals surface area contributed by atoms with Crippen LogP contribution in [-0.2, 0) is 4.43 Å². The Balaban J connectivity index is 3.27. The topological polar surface area (TPSA) is 9.23 Å². The van der Waals surface area contributed by atoms with Crippen molar-refractivity contribution in [2.24, 2.45) is 5.92 Å². The summed E-state index contributed by atoms with van der Waals surface area (Å²) in [6.45, 7) is 9.10. The van der Waals surface area contributed by atoms with Crippen molar-refractivity contribution in [3.63, 3.8) is 0 Å². The van der Waals surface area contributed by atoms with Crippen LogP contribution in [0.25, 0.3) is 0 Å². The Morgan fingerprint density at radius 1 is 0.842 bits per heavy atom.